The van der Waals surface area contributed by atoms with Crippen molar-refractivity contribution in [2.75, 3.05) is 0 Å². The van der Waals surface area contributed by atoms with Crippen molar-refractivity contribution in [2.45, 2.75) is 26.2 Å². The van der Waals surface area contributed by atoms with Crippen LogP contribution in [0.3, 0.4) is 0 Å². The van der Waals surface area contributed by atoms with Crippen LogP contribution in [0.4, 0.5) is 0 Å². The van der Waals surface area contributed by atoms with Gasteiger partial charge in [0.1, 0.15) is 17.3 Å². The third kappa shape index (κ3) is 10.1. The maximum Gasteiger partial charge on any atom is 0.269 e. The van der Waals surface area contributed by atoms with Crippen LogP contribution in [0.25, 0.3) is 117 Å². The highest BCUT2D eigenvalue weighted by Gasteiger charge is 2.48. The molecule has 7 heteroatoms. The first-order valence-electron chi connectivity index (χ1n) is 37.0. The van der Waals surface area contributed by atoms with Gasteiger partial charge < -0.3 is 4.74 Å². The van der Waals surface area contributed by atoms with Crippen molar-refractivity contribution >= 4 is 90.5 Å². The monoisotopic (exact) mass is 1400 g/mol. The van der Waals surface area contributed by atoms with E-state index in [1.807, 2.05) is 6.20 Å². The van der Waals surface area contributed by atoms with Crippen LogP contribution in [0.1, 0.15) is 26.3 Å². The molecule has 2 aliphatic heterocycles. The van der Waals surface area contributed by atoms with Gasteiger partial charge in [0.15, 0.2) is 16.1 Å². The lowest BCUT2D eigenvalue weighted by Gasteiger charge is -2.36. The Morgan fingerprint density at radius 3 is 1.28 bits per heavy atom. The molecule has 15 aromatic carbocycles. The van der Waals surface area contributed by atoms with Crippen LogP contribution in [0.2, 0.25) is 0 Å². The molecule has 0 unspecified atom stereocenters. The van der Waals surface area contributed by atoms with Crippen molar-refractivity contribution in [2.24, 2.45) is 0 Å². The summed E-state index contributed by atoms with van der Waals surface area (Å²) in [5, 5.41) is 13.0. The lowest BCUT2D eigenvalue weighted by molar-refractivity contribution is -0.571. The van der Waals surface area contributed by atoms with Crippen molar-refractivity contribution in [3.63, 3.8) is 0 Å². The van der Waals surface area contributed by atoms with Crippen molar-refractivity contribution in [3.05, 3.63) is 394 Å². The Bertz CT molecular complexity index is 6180. The third-order valence-corrected chi connectivity index (χ3v) is 32.3. The fourth-order valence-corrected chi connectivity index (χ4v) is 28.4. The number of fused-ring (bicyclic) bond motifs is 14. The van der Waals surface area contributed by atoms with Gasteiger partial charge in [-0.3, -0.25) is 13.7 Å². The van der Waals surface area contributed by atoms with Gasteiger partial charge in [-0.05, 0) is 168 Å². The highest BCUT2D eigenvalue weighted by Crippen LogP contribution is 2.42. The average molecular weight is 1400 g/mol. The van der Waals surface area contributed by atoms with Gasteiger partial charge in [-0.15, -0.1) is 0 Å². The fourth-order valence-electron chi connectivity index (χ4n) is 17.9. The summed E-state index contributed by atoms with van der Waals surface area (Å²) < 4.78 is 13.9. The summed E-state index contributed by atoms with van der Waals surface area (Å²) in [5.74, 6) is 2.30. The Morgan fingerprint density at radius 2 is 0.748 bits per heavy atom. The molecule has 107 heavy (non-hydrogen) atoms. The quantitative estimate of drug-likeness (QED) is 0.0735. The molecule has 5 nitrogen and oxygen atoms in total. The molecule has 2 aliphatic rings. The van der Waals surface area contributed by atoms with Gasteiger partial charge in [0.25, 0.3) is 6.33 Å². The lowest BCUT2D eigenvalue weighted by atomic mass is 9.88. The van der Waals surface area contributed by atoms with E-state index in [0.29, 0.717) is 5.75 Å². The molecule has 0 saturated carbocycles. The Labute approximate surface area is 625 Å². The number of rotatable bonds is 11. The molecule has 0 spiro atoms. The van der Waals surface area contributed by atoms with Crippen LogP contribution in [-0.4, -0.2) is 30.3 Å². The Balaban J connectivity index is 0.808. The predicted molar refractivity (Wildman–Crippen MR) is 448 cm³/mol. The smallest absolute Gasteiger partial charge is 0.269 e. The van der Waals surface area contributed by atoms with Crippen molar-refractivity contribution in [1.82, 2.24) is 14.1 Å². The molecule has 0 amide bonds. The maximum absolute atomic E-state index is 7.05. The van der Waals surface area contributed by atoms with Gasteiger partial charge in [0.05, 0.1) is 33.4 Å². The minimum absolute atomic E-state index is 0.0574. The number of ether oxygens (including phenoxy) is 1. The normalized spacial score (nSPS) is 13.1. The number of para-hydroxylation sites is 4. The number of benzene rings is 15. The lowest BCUT2D eigenvalue weighted by Crippen LogP contribution is -2.75. The van der Waals surface area contributed by atoms with E-state index in [0.717, 1.165) is 78.0 Å². The van der Waals surface area contributed by atoms with Gasteiger partial charge in [-0.2, -0.15) is 0 Å². The number of imidazole rings is 1. The summed E-state index contributed by atoms with van der Waals surface area (Å²) >= 11 is 0. The molecule has 506 valence electrons. The van der Waals surface area contributed by atoms with E-state index in [4.69, 9.17) is 9.72 Å². The molecule has 3 aromatic heterocycles. The van der Waals surface area contributed by atoms with E-state index in [-0.39, 0.29) is 5.41 Å². The topological polar surface area (TPSA) is 35.9 Å². The highest BCUT2D eigenvalue weighted by molar-refractivity contribution is 7.22. The number of hydrogen-bond acceptors (Lipinski definition) is 2. The van der Waals surface area contributed by atoms with Gasteiger partial charge in [0.2, 0.25) is 0 Å². The molecule has 0 bridgehead atoms. The Kier molecular flexibility index (Phi) is 15.1. The van der Waals surface area contributed by atoms with Gasteiger partial charge in [-0.25, -0.2) is 4.98 Å². The largest absolute Gasteiger partial charge is 0.458 e. The van der Waals surface area contributed by atoms with Crippen molar-refractivity contribution in [1.29, 1.82) is 0 Å². The summed E-state index contributed by atoms with van der Waals surface area (Å²) in [4.78, 5) is 4.99. The standard InChI is InChI=1S/C100H72N4OSi2/c1-100(2,3)70-60-61-101-98(64-70)104-90-51-19-14-44-84(90)85-59-58-73(66-93(85)104)105-72-33-28-32-71(65-72)102-67-103(92-53-21-20-52-91(92)102)99-78(68-30-26-38-76(62-68)106(74-34-6-4-7-35-74)94-54-22-15-45-86(94)80-40-10-11-41-81(80)87-46-16-23-55-95(87)106)49-29-50-79(99)69-31-27-39-77(63-69)107(75-36-8-5-9-37-75)96-56-24-17-47-88(96)82-42-12-13-43-83(82)89-48-18-25-57-97(89)107/h4-66H,1-3H3. The number of pyridine rings is 1. The molecule has 0 atom stereocenters. The SMILES string of the molecule is CC(C)(C)c1ccnc(-n2c3ccccc3c3ccc(Oc4cccc(-n5[c-][n+](-c6c(-c7cccc([Si]8(c9ccccc9)c9ccccc9-c9ccccc9-c9ccccc98)c7)cccc6-c6cccc([Si]7(c8ccccc8)c8ccccc8-c8ccccc8-c8ccccc87)c6)c6ccccc65)c4)cc32)c1. The van der Waals surface area contributed by atoms with Gasteiger partial charge in [0, 0.05) is 23.0 Å². The van der Waals surface area contributed by atoms with E-state index in [1.165, 1.54) is 91.6 Å². The van der Waals surface area contributed by atoms with Crippen LogP contribution >= 0.6 is 0 Å². The van der Waals surface area contributed by atoms with E-state index in [2.05, 4.69) is 417 Å². The maximum atomic E-state index is 7.05. The molecule has 0 fully saturated rings. The first-order valence-corrected chi connectivity index (χ1v) is 41.0. The first kappa shape index (κ1) is 63.6. The van der Waals surface area contributed by atoms with Crippen LogP contribution in [0.5, 0.6) is 11.5 Å². The summed E-state index contributed by atoms with van der Waals surface area (Å²) in [6.45, 7) is 6.75. The molecule has 20 rings (SSSR count). The van der Waals surface area contributed by atoms with E-state index >= 15 is 0 Å². The molecular formula is C100H72N4OSi2. The van der Waals surface area contributed by atoms with Gasteiger partial charge in [-0.1, -0.05) is 342 Å². The molecule has 18 aromatic rings. The zero-order valence-corrected chi connectivity index (χ0v) is 61.6. The van der Waals surface area contributed by atoms with Crippen LogP contribution in [-0.2, 0) is 5.41 Å². The molecule has 0 aliphatic carbocycles. The van der Waals surface area contributed by atoms with Gasteiger partial charge >= 0.3 is 0 Å². The number of nitrogens with zero attached hydrogens (tertiary/aromatic N) is 4. The van der Waals surface area contributed by atoms with Crippen LogP contribution < -0.4 is 50.8 Å². The summed E-state index contributed by atoms with van der Waals surface area (Å²) in [6.07, 6.45) is 6.04. The summed E-state index contributed by atoms with van der Waals surface area (Å²) in [5.41, 5.74) is 21.7. The molecule has 0 radical (unpaired) electrons. The molecule has 5 heterocycles. The fraction of sp³-hybridized carbons (Fsp3) is 0.0400. The molecule has 0 N–H and O–H groups in total. The zero-order chi connectivity index (χ0) is 71.4. The summed E-state index contributed by atoms with van der Waals surface area (Å²) in [6, 6.07) is 141. The zero-order valence-electron chi connectivity index (χ0n) is 59.6. The minimum Gasteiger partial charge on any atom is -0.458 e. The van der Waals surface area contributed by atoms with E-state index in [9.17, 15) is 0 Å². The molecule has 0 saturated heterocycles. The van der Waals surface area contributed by atoms with Crippen LogP contribution in [0, 0.1) is 6.33 Å². The number of hydrogen-bond donors (Lipinski definition) is 0. The van der Waals surface area contributed by atoms with E-state index < -0.39 is 16.1 Å². The van der Waals surface area contributed by atoms with Crippen molar-refractivity contribution < 1.29 is 9.30 Å². The van der Waals surface area contributed by atoms with Crippen molar-refractivity contribution in [3.8, 4) is 95.5 Å². The predicted octanol–water partition coefficient (Wildman–Crippen LogP) is 18.7. The summed E-state index contributed by atoms with van der Waals surface area (Å²) in [7, 11) is -6.42. The minimum atomic E-state index is -3.21. The average Bonchev–Trinajstić information content (AvgIpc) is 1.65. The Morgan fingerprint density at radius 1 is 0.327 bits per heavy atom. The number of aromatic nitrogens is 4. The second-order valence-corrected chi connectivity index (χ2v) is 36.9. The first-order chi connectivity index (χ1) is 52.7. The molecular weight excluding hydrogens is 1330 g/mol. The third-order valence-electron chi connectivity index (χ3n) is 22.6. The second-order valence-electron chi connectivity index (χ2n) is 29.4. The van der Waals surface area contributed by atoms with Crippen LogP contribution in [0.15, 0.2) is 382 Å². The Hall–Kier alpha value is -13.0. The second kappa shape index (κ2) is 25.4. The highest BCUT2D eigenvalue weighted by atomic mass is 28.3. The van der Waals surface area contributed by atoms with E-state index in [1.54, 1.807) is 0 Å².